The minimum absolute atomic E-state index is 0.0429. The number of Topliss-reactive ketones (excluding diaryl/α,β-unsaturated/α-hetero) is 1. The van der Waals surface area contributed by atoms with Crippen LogP contribution in [0.2, 0.25) is 0 Å². The molecule has 0 amide bonds. The van der Waals surface area contributed by atoms with Crippen molar-refractivity contribution < 1.29 is 9.18 Å². The van der Waals surface area contributed by atoms with Crippen molar-refractivity contribution in [2.24, 2.45) is 0 Å². The first-order valence-electron chi connectivity index (χ1n) is 6.47. The molecule has 0 heterocycles. The summed E-state index contributed by atoms with van der Waals surface area (Å²) in [6.07, 6.45) is 1.78. The molecule has 0 aliphatic carbocycles. The van der Waals surface area contributed by atoms with E-state index in [1.165, 1.54) is 23.9 Å². The van der Waals surface area contributed by atoms with Crippen LogP contribution in [0.5, 0.6) is 0 Å². The van der Waals surface area contributed by atoms with Gasteiger partial charge in [-0.15, -0.1) is 0 Å². The van der Waals surface area contributed by atoms with Crippen molar-refractivity contribution in [2.75, 3.05) is 14.1 Å². The van der Waals surface area contributed by atoms with E-state index in [2.05, 4.69) is 0 Å². The van der Waals surface area contributed by atoms with Crippen molar-refractivity contribution in [3.05, 3.63) is 77.1 Å². The van der Waals surface area contributed by atoms with E-state index in [-0.39, 0.29) is 11.6 Å². The zero-order valence-corrected chi connectivity index (χ0v) is 12.7. The molecular formula is C17H16FNOS. The van der Waals surface area contributed by atoms with Crippen LogP contribution in [-0.4, -0.2) is 24.8 Å². The van der Waals surface area contributed by atoms with Gasteiger partial charge in [-0.05, 0) is 24.3 Å². The smallest absolute Gasteiger partial charge is 0.201 e. The molecule has 0 spiro atoms. The number of hydrogen-bond donors (Lipinski definition) is 0. The summed E-state index contributed by atoms with van der Waals surface area (Å²) in [5, 5.41) is 0. The first-order valence-corrected chi connectivity index (χ1v) is 7.29. The first-order chi connectivity index (χ1) is 10.1. The summed E-state index contributed by atoms with van der Waals surface area (Å²) in [4.78, 5) is 15.8. The molecule has 0 saturated carbocycles. The van der Waals surface area contributed by atoms with Crippen LogP contribution in [0.25, 0.3) is 0 Å². The standard InChI is InChI=1S/C17H16FNOS/c1-19(2)12-16(17(20)13-6-4-3-5-7-13)21-15-10-8-14(18)9-11-15/h3-12H,1-2H3/b16-12-. The summed E-state index contributed by atoms with van der Waals surface area (Å²) in [6.45, 7) is 0. The molecule has 21 heavy (non-hydrogen) atoms. The minimum atomic E-state index is -0.285. The molecule has 0 N–H and O–H groups in total. The predicted octanol–water partition coefficient (Wildman–Crippen LogP) is 4.20. The lowest BCUT2D eigenvalue weighted by molar-refractivity contribution is 0.104. The molecule has 4 heteroatoms. The average molecular weight is 301 g/mol. The van der Waals surface area contributed by atoms with E-state index in [1.54, 1.807) is 30.5 Å². The second kappa shape index (κ2) is 7.09. The fourth-order valence-corrected chi connectivity index (χ4v) is 2.73. The maximum atomic E-state index is 13.0. The number of halogens is 1. The molecule has 0 saturated heterocycles. The Morgan fingerprint density at radius 2 is 1.67 bits per heavy atom. The van der Waals surface area contributed by atoms with Crippen LogP contribution in [0.15, 0.2) is 70.6 Å². The maximum Gasteiger partial charge on any atom is 0.201 e. The van der Waals surface area contributed by atoms with Gasteiger partial charge in [0.05, 0.1) is 4.91 Å². The lowest BCUT2D eigenvalue weighted by Crippen LogP contribution is -2.08. The van der Waals surface area contributed by atoms with Crippen LogP contribution >= 0.6 is 11.8 Å². The number of nitrogens with zero attached hydrogens (tertiary/aromatic N) is 1. The van der Waals surface area contributed by atoms with Crippen molar-refractivity contribution in [1.29, 1.82) is 0 Å². The lowest BCUT2D eigenvalue weighted by Gasteiger charge is -2.11. The highest BCUT2D eigenvalue weighted by atomic mass is 32.2. The Morgan fingerprint density at radius 1 is 1.05 bits per heavy atom. The van der Waals surface area contributed by atoms with Crippen LogP contribution in [0.3, 0.4) is 0 Å². The number of thioether (sulfide) groups is 1. The number of ketones is 1. The average Bonchev–Trinajstić information content (AvgIpc) is 2.48. The van der Waals surface area contributed by atoms with Crippen molar-refractivity contribution in [3.63, 3.8) is 0 Å². The molecular weight excluding hydrogens is 285 g/mol. The third-order valence-corrected chi connectivity index (χ3v) is 3.70. The number of benzene rings is 2. The fourth-order valence-electron chi connectivity index (χ4n) is 1.73. The molecule has 0 bridgehead atoms. The minimum Gasteiger partial charge on any atom is -0.382 e. The predicted molar refractivity (Wildman–Crippen MR) is 84.8 cm³/mol. The van der Waals surface area contributed by atoms with Gasteiger partial charge in [-0.25, -0.2) is 4.39 Å². The van der Waals surface area contributed by atoms with E-state index < -0.39 is 0 Å². The number of hydrogen-bond acceptors (Lipinski definition) is 3. The highest BCUT2D eigenvalue weighted by Gasteiger charge is 2.14. The quantitative estimate of drug-likeness (QED) is 0.469. The molecule has 0 aliphatic heterocycles. The number of allylic oxidation sites excluding steroid dienone is 1. The monoisotopic (exact) mass is 301 g/mol. The molecule has 0 atom stereocenters. The topological polar surface area (TPSA) is 20.3 Å². The van der Waals surface area contributed by atoms with Crippen LogP contribution in [-0.2, 0) is 0 Å². The summed E-state index contributed by atoms with van der Waals surface area (Å²) >= 11 is 1.33. The highest BCUT2D eigenvalue weighted by Crippen LogP contribution is 2.29. The molecule has 0 fully saturated rings. The molecule has 108 valence electrons. The van der Waals surface area contributed by atoms with Crippen LogP contribution in [0.1, 0.15) is 10.4 Å². The van der Waals surface area contributed by atoms with Gasteiger partial charge in [-0.2, -0.15) is 0 Å². The second-order valence-electron chi connectivity index (χ2n) is 4.71. The Kier molecular flexibility index (Phi) is 5.17. The Bertz CT molecular complexity index is 636. The molecule has 0 aliphatic rings. The Balaban J connectivity index is 2.27. The molecule has 0 aromatic heterocycles. The summed E-state index contributed by atoms with van der Waals surface area (Å²) < 4.78 is 13.0. The number of carbonyl (C=O) groups is 1. The first kappa shape index (κ1) is 15.3. The number of rotatable bonds is 5. The lowest BCUT2D eigenvalue weighted by atomic mass is 10.1. The van der Waals surface area contributed by atoms with Gasteiger partial charge in [-0.3, -0.25) is 4.79 Å². The molecule has 2 aromatic rings. The zero-order valence-electron chi connectivity index (χ0n) is 11.9. The van der Waals surface area contributed by atoms with E-state index >= 15 is 0 Å². The fraction of sp³-hybridized carbons (Fsp3) is 0.118. The Morgan fingerprint density at radius 3 is 2.24 bits per heavy atom. The van der Waals surface area contributed by atoms with Gasteiger partial charge in [0.15, 0.2) is 0 Å². The van der Waals surface area contributed by atoms with E-state index in [4.69, 9.17) is 0 Å². The number of carbonyl (C=O) groups excluding carboxylic acids is 1. The van der Waals surface area contributed by atoms with Crippen LogP contribution in [0, 0.1) is 5.82 Å². The van der Waals surface area contributed by atoms with E-state index in [1.807, 2.05) is 37.2 Å². The third kappa shape index (κ3) is 4.46. The Hall–Kier alpha value is -2.07. The van der Waals surface area contributed by atoms with E-state index in [0.29, 0.717) is 10.5 Å². The van der Waals surface area contributed by atoms with Crippen molar-refractivity contribution >= 4 is 17.5 Å². The van der Waals surface area contributed by atoms with Gasteiger partial charge >= 0.3 is 0 Å². The SMILES string of the molecule is CN(C)/C=C(\Sc1ccc(F)cc1)C(=O)c1ccccc1. The van der Waals surface area contributed by atoms with Gasteiger partial charge in [0, 0.05) is 30.8 Å². The molecule has 2 rings (SSSR count). The van der Waals surface area contributed by atoms with Crippen molar-refractivity contribution in [2.45, 2.75) is 4.90 Å². The zero-order chi connectivity index (χ0) is 15.2. The molecule has 2 aromatic carbocycles. The van der Waals surface area contributed by atoms with Crippen LogP contribution in [0.4, 0.5) is 4.39 Å². The van der Waals surface area contributed by atoms with Gasteiger partial charge in [-0.1, -0.05) is 42.1 Å². The van der Waals surface area contributed by atoms with Gasteiger partial charge in [0.1, 0.15) is 5.82 Å². The van der Waals surface area contributed by atoms with E-state index in [9.17, 15) is 9.18 Å². The molecule has 2 nitrogen and oxygen atoms in total. The van der Waals surface area contributed by atoms with Gasteiger partial charge < -0.3 is 4.90 Å². The third-order valence-electron chi connectivity index (χ3n) is 2.68. The largest absolute Gasteiger partial charge is 0.382 e. The van der Waals surface area contributed by atoms with Gasteiger partial charge in [0.2, 0.25) is 5.78 Å². The summed E-state index contributed by atoms with van der Waals surface area (Å²) in [5.74, 6) is -0.328. The highest BCUT2D eigenvalue weighted by molar-refractivity contribution is 8.04. The summed E-state index contributed by atoms with van der Waals surface area (Å²) in [7, 11) is 3.73. The van der Waals surface area contributed by atoms with Gasteiger partial charge in [0.25, 0.3) is 0 Å². The van der Waals surface area contributed by atoms with Crippen molar-refractivity contribution in [3.8, 4) is 0 Å². The Labute approximate surface area is 128 Å². The molecule has 0 radical (unpaired) electrons. The summed E-state index contributed by atoms with van der Waals surface area (Å²) in [5.41, 5.74) is 0.639. The molecule has 0 unspecified atom stereocenters. The van der Waals surface area contributed by atoms with Crippen molar-refractivity contribution in [1.82, 2.24) is 4.90 Å². The maximum absolute atomic E-state index is 13.0. The normalized spacial score (nSPS) is 11.3. The van der Waals surface area contributed by atoms with Crippen LogP contribution < -0.4 is 0 Å². The second-order valence-corrected chi connectivity index (χ2v) is 5.82. The summed E-state index contributed by atoms with van der Waals surface area (Å²) in [6, 6.07) is 15.2. The van der Waals surface area contributed by atoms with E-state index in [0.717, 1.165) is 4.90 Å².